The quantitative estimate of drug-likeness (QED) is 0.251. The summed E-state index contributed by atoms with van der Waals surface area (Å²) >= 11 is 9.92. The Hall–Kier alpha value is -2.82. The molecule has 1 aliphatic heterocycles. The lowest BCUT2D eigenvalue weighted by Gasteiger charge is -2.13. The summed E-state index contributed by atoms with van der Waals surface area (Å²) in [6.07, 6.45) is 1.12. The van der Waals surface area contributed by atoms with Crippen LogP contribution in [0.15, 0.2) is 45.8 Å². The lowest BCUT2D eigenvalue weighted by molar-refractivity contribution is -0.149. The van der Waals surface area contributed by atoms with Crippen LogP contribution < -0.4 is 9.47 Å². The van der Waals surface area contributed by atoms with E-state index in [9.17, 15) is 19.2 Å². The smallest absolute Gasteiger partial charge is 0.343 e. The third-order valence-corrected chi connectivity index (χ3v) is 6.10. The molecule has 1 saturated heterocycles. The minimum Gasteiger partial charge on any atom is -0.493 e. The van der Waals surface area contributed by atoms with E-state index in [0.29, 0.717) is 32.4 Å². The summed E-state index contributed by atoms with van der Waals surface area (Å²) in [4.78, 5) is 50.2. The summed E-state index contributed by atoms with van der Waals surface area (Å²) in [6, 6.07) is 9.37. The first-order chi connectivity index (χ1) is 16.1. The highest BCUT2D eigenvalue weighted by molar-refractivity contribution is 9.10. The molecule has 11 heteroatoms. The van der Waals surface area contributed by atoms with Gasteiger partial charge in [-0.3, -0.25) is 19.3 Å². The van der Waals surface area contributed by atoms with Crippen LogP contribution in [0.5, 0.6) is 11.5 Å². The molecule has 34 heavy (non-hydrogen) atoms. The molecular formula is C23H19BrClNO7S. The maximum absolute atomic E-state index is 12.7. The molecule has 0 atom stereocenters. The number of amides is 2. The molecule has 0 radical (unpaired) electrons. The third-order valence-electron chi connectivity index (χ3n) is 4.35. The predicted octanol–water partition coefficient (Wildman–Crippen LogP) is 5.32. The number of hydrogen-bond donors (Lipinski definition) is 0. The number of nitrogens with zero attached hydrogens (tertiary/aromatic N) is 1. The molecule has 2 aromatic rings. The van der Waals surface area contributed by atoms with Gasteiger partial charge in [-0.15, -0.1) is 0 Å². The maximum Gasteiger partial charge on any atom is 0.343 e. The molecule has 0 saturated carbocycles. The second kappa shape index (κ2) is 11.1. The van der Waals surface area contributed by atoms with Gasteiger partial charge in [-0.1, -0.05) is 11.6 Å². The summed E-state index contributed by atoms with van der Waals surface area (Å²) in [5, 5.41) is -0.0857. The van der Waals surface area contributed by atoms with Crippen molar-refractivity contribution < 1.29 is 33.4 Å². The topological polar surface area (TPSA) is 99.2 Å². The average molecular weight is 569 g/mol. The number of rotatable bonds is 7. The van der Waals surface area contributed by atoms with Crippen LogP contribution in [-0.2, 0) is 14.3 Å². The predicted molar refractivity (Wildman–Crippen MR) is 131 cm³/mol. The van der Waals surface area contributed by atoms with Crippen molar-refractivity contribution in [1.82, 2.24) is 4.90 Å². The van der Waals surface area contributed by atoms with Crippen LogP contribution in [0.25, 0.3) is 6.08 Å². The van der Waals surface area contributed by atoms with E-state index in [0.717, 1.165) is 4.90 Å². The molecule has 1 aliphatic rings. The number of imide groups is 1. The molecule has 2 amide bonds. The molecule has 0 bridgehead atoms. The molecule has 0 spiro atoms. The number of benzene rings is 2. The molecule has 3 rings (SSSR count). The van der Waals surface area contributed by atoms with Crippen molar-refractivity contribution in [1.29, 1.82) is 0 Å². The van der Waals surface area contributed by atoms with Crippen LogP contribution in [0.4, 0.5) is 4.79 Å². The SMILES string of the molecule is COc1cc(/C=C2\SC(=O)N(CC(=O)OC(C)C)C2=O)cc(Br)c1OC(=O)c1ccc(Cl)cc1. The van der Waals surface area contributed by atoms with E-state index in [-0.39, 0.29) is 22.5 Å². The molecule has 2 aromatic carbocycles. The zero-order valence-electron chi connectivity index (χ0n) is 18.3. The van der Waals surface area contributed by atoms with Gasteiger partial charge >= 0.3 is 11.9 Å². The Kier molecular flexibility index (Phi) is 8.40. The van der Waals surface area contributed by atoms with Gasteiger partial charge in [0.1, 0.15) is 6.54 Å². The summed E-state index contributed by atoms with van der Waals surface area (Å²) < 4.78 is 16.2. The first-order valence-electron chi connectivity index (χ1n) is 9.89. The number of methoxy groups -OCH3 is 1. The van der Waals surface area contributed by atoms with Gasteiger partial charge in [0.15, 0.2) is 11.5 Å². The largest absolute Gasteiger partial charge is 0.493 e. The van der Waals surface area contributed by atoms with E-state index >= 15 is 0 Å². The number of carbonyl (C=O) groups is 4. The highest BCUT2D eigenvalue weighted by atomic mass is 79.9. The Bertz CT molecular complexity index is 1180. The number of halogens is 2. The van der Waals surface area contributed by atoms with Crippen molar-refractivity contribution in [2.24, 2.45) is 0 Å². The van der Waals surface area contributed by atoms with Gasteiger partial charge in [0.2, 0.25) is 0 Å². The van der Waals surface area contributed by atoms with Crippen molar-refractivity contribution in [3.63, 3.8) is 0 Å². The first kappa shape index (κ1) is 25.8. The Morgan fingerprint density at radius 3 is 2.47 bits per heavy atom. The standard InChI is InChI=1S/C23H19BrClNO7S/c1-12(2)32-19(27)11-26-21(28)18(34-23(26)30)10-13-8-16(24)20(17(9-13)31-3)33-22(29)14-4-6-15(25)7-5-14/h4-10,12H,11H2,1-3H3/b18-10-. The lowest BCUT2D eigenvalue weighted by atomic mass is 10.1. The van der Waals surface area contributed by atoms with Crippen LogP contribution in [0, 0.1) is 0 Å². The second-order valence-corrected chi connectivity index (χ2v) is 9.52. The average Bonchev–Trinajstić information content (AvgIpc) is 3.02. The molecule has 0 aliphatic carbocycles. The van der Waals surface area contributed by atoms with Crippen LogP contribution in [-0.4, -0.2) is 47.7 Å². The van der Waals surface area contributed by atoms with E-state index < -0.39 is 29.6 Å². The van der Waals surface area contributed by atoms with Crippen LogP contribution >= 0.6 is 39.3 Å². The maximum atomic E-state index is 12.7. The van der Waals surface area contributed by atoms with Crippen molar-refractivity contribution in [2.75, 3.05) is 13.7 Å². The Morgan fingerprint density at radius 1 is 1.18 bits per heavy atom. The summed E-state index contributed by atoms with van der Waals surface area (Å²) in [5.41, 5.74) is 0.803. The Morgan fingerprint density at radius 2 is 1.85 bits per heavy atom. The highest BCUT2D eigenvalue weighted by Gasteiger charge is 2.37. The van der Waals surface area contributed by atoms with Gasteiger partial charge in [-0.25, -0.2) is 4.79 Å². The minimum atomic E-state index is -0.671. The molecule has 1 heterocycles. The van der Waals surface area contributed by atoms with Gasteiger partial charge in [0, 0.05) is 5.02 Å². The second-order valence-electron chi connectivity index (χ2n) is 7.24. The van der Waals surface area contributed by atoms with Gasteiger partial charge in [-0.2, -0.15) is 0 Å². The van der Waals surface area contributed by atoms with Gasteiger partial charge in [0.05, 0.1) is 28.2 Å². The lowest BCUT2D eigenvalue weighted by Crippen LogP contribution is -2.35. The fourth-order valence-electron chi connectivity index (χ4n) is 2.88. The van der Waals surface area contributed by atoms with E-state index in [1.54, 1.807) is 38.1 Å². The van der Waals surface area contributed by atoms with Gasteiger partial charge in [-0.05, 0) is 89.6 Å². The number of thioether (sulfide) groups is 1. The molecule has 8 nitrogen and oxygen atoms in total. The normalized spacial score (nSPS) is 14.6. The molecule has 178 valence electrons. The Labute approximate surface area is 213 Å². The first-order valence-corrected chi connectivity index (χ1v) is 11.9. The molecule has 0 N–H and O–H groups in total. The number of hydrogen-bond acceptors (Lipinski definition) is 8. The molecule has 0 unspecified atom stereocenters. The fraction of sp³-hybridized carbons (Fsp3) is 0.217. The highest BCUT2D eigenvalue weighted by Crippen LogP contribution is 2.39. The summed E-state index contributed by atoms with van der Waals surface area (Å²) in [6.45, 7) is 2.88. The van der Waals surface area contributed by atoms with Crippen molar-refractivity contribution in [2.45, 2.75) is 20.0 Å². The van der Waals surface area contributed by atoms with Crippen LogP contribution in [0.2, 0.25) is 5.02 Å². The zero-order valence-corrected chi connectivity index (χ0v) is 21.5. The number of carbonyl (C=O) groups excluding carboxylic acids is 4. The van der Waals surface area contributed by atoms with E-state index in [4.69, 9.17) is 25.8 Å². The summed E-state index contributed by atoms with van der Waals surface area (Å²) in [7, 11) is 1.40. The Balaban J connectivity index is 1.81. The van der Waals surface area contributed by atoms with E-state index in [2.05, 4.69) is 15.9 Å². The molecule has 1 fully saturated rings. The molecular weight excluding hydrogens is 550 g/mol. The number of esters is 2. The molecule has 0 aromatic heterocycles. The zero-order chi connectivity index (χ0) is 25.0. The van der Waals surface area contributed by atoms with Crippen LogP contribution in [0.3, 0.4) is 0 Å². The van der Waals surface area contributed by atoms with Gasteiger partial charge < -0.3 is 14.2 Å². The third kappa shape index (κ3) is 6.19. The monoisotopic (exact) mass is 567 g/mol. The van der Waals surface area contributed by atoms with E-state index in [1.165, 1.54) is 25.3 Å². The summed E-state index contributed by atoms with van der Waals surface area (Å²) in [5.74, 6) is -1.52. The van der Waals surface area contributed by atoms with Crippen molar-refractivity contribution in [3.8, 4) is 11.5 Å². The van der Waals surface area contributed by atoms with Crippen LogP contribution in [0.1, 0.15) is 29.8 Å². The minimum absolute atomic E-state index is 0.127. The van der Waals surface area contributed by atoms with E-state index in [1.807, 2.05) is 0 Å². The number of ether oxygens (including phenoxy) is 3. The fourth-order valence-corrected chi connectivity index (χ4v) is 4.38. The van der Waals surface area contributed by atoms with Gasteiger partial charge in [0.25, 0.3) is 11.1 Å². The van der Waals surface area contributed by atoms with Crippen molar-refractivity contribution >= 4 is 68.5 Å². The van der Waals surface area contributed by atoms with Crippen molar-refractivity contribution in [3.05, 3.63) is 61.9 Å².